The van der Waals surface area contributed by atoms with Gasteiger partial charge in [0, 0.05) is 19.1 Å². The summed E-state index contributed by atoms with van der Waals surface area (Å²) in [6.45, 7) is 8.06. The maximum atomic E-state index is 9.64. The molecule has 0 spiro atoms. The fourth-order valence-electron chi connectivity index (χ4n) is 3.05. The SMILES string of the molecule is CC(C)c1ccc(CN(CC2(CO)COC2)C2CC2)cc1. The molecule has 1 heterocycles. The van der Waals surface area contributed by atoms with Crippen LogP contribution >= 0.6 is 0 Å². The lowest BCUT2D eigenvalue weighted by Crippen LogP contribution is -2.53. The summed E-state index contributed by atoms with van der Waals surface area (Å²) in [5.41, 5.74) is 2.76. The zero-order valence-electron chi connectivity index (χ0n) is 13.2. The maximum Gasteiger partial charge on any atom is 0.0579 e. The van der Waals surface area contributed by atoms with E-state index in [1.807, 2.05) is 0 Å². The van der Waals surface area contributed by atoms with Crippen molar-refractivity contribution >= 4 is 0 Å². The van der Waals surface area contributed by atoms with Crippen LogP contribution in [0.15, 0.2) is 24.3 Å². The molecule has 1 N–H and O–H groups in total. The minimum absolute atomic E-state index is 0.0134. The molecular formula is C18H27NO2. The van der Waals surface area contributed by atoms with E-state index in [2.05, 4.69) is 43.0 Å². The fraction of sp³-hybridized carbons (Fsp3) is 0.667. The van der Waals surface area contributed by atoms with E-state index in [0.29, 0.717) is 25.2 Å². The Labute approximate surface area is 127 Å². The molecule has 0 bridgehead atoms. The molecule has 0 aromatic heterocycles. The molecule has 0 unspecified atom stereocenters. The van der Waals surface area contributed by atoms with Crippen LogP contribution in [0, 0.1) is 5.41 Å². The van der Waals surface area contributed by atoms with Gasteiger partial charge in [0.2, 0.25) is 0 Å². The third-order valence-electron chi connectivity index (χ3n) is 4.79. The van der Waals surface area contributed by atoms with Crippen LogP contribution in [-0.4, -0.2) is 42.4 Å². The van der Waals surface area contributed by atoms with Crippen LogP contribution < -0.4 is 0 Å². The summed E-state index contributed by atoms with van der Waals surface area (Å²) in [5.74, 6) is 0.586. The molecule has 1 saturated heterocycles. The molecule has 2 aliphatic rings. The van der Waals surface area contributed by atoms with Gasteiger partial charge in [-0.1, -0.05) is 38.1 Å². The zero-order chi connectivity index (χ0) is 14.9. The summed E-state index contributed by atoms with van der Waals surface area (Å²) >= 11 is 0. The number of benzene rings is 1. The molecule has 1 aromatic rings. The van der Waals surface area contributed by atoms with Gasteiger partial charge in [0.1, 0.15) is 0 Å². The van der Waals surface area contributed by atoms with Gasteiger partial charge in [-0.25, -0.2) is 0 Å². The van der Waals surface area contributed by atoms with Crippen LogP contribution in [0.1, 0.15) is 43.7 Å². The average molecular weight is 289 g/mol. The van der Waals surface area contributed by atoms with Crippen LogP contribution in [0.25, 0.3) is 0 Å². The first-order valence-electron chi connectivity index (χ1n) is 8.13. The average Bonchev–Trinajstić information content (AvgIpc) is 3.26. The first kappa shape index (κ1) is 15.0. The summed E-state index contributed by atoms with van der Waals surface area (Å²) in [7, 11) is 0. The molecule has 3 heteroatoms. The van der Waals surface area contributed by atoms with Crippen molar-refractivity contribution in [1.82, 2.24) is 4.90 Å². The molecule has 1 aromatic carbocycles. The second-order valence-corrected chi connectivity index (χ2v) is 7.18. The number of aliphatic hydroxyl groups is 1. The second kappa shape index (κ2) is 6.07. The van der Waals surface area contributed by atoms with Gasteiger partial charge < -0.3 is 9.84 Å². The molecule has 1 saturated carbocycles. The molecule has 0 amide bonds. The number of ether oxygens (including phenoxy) is 1. The monoisotopic (exact) mass is 289 g/mol. The number of hydrogen-bond donors (Lipinski definition) is 1. The van der Waals surface area contributed by atoms with Crippen molar-refractivity contribution in [3.05, 3.63) is 35.4 Å². The first-order chi connectivity index (χ1) is 10.1. The molecule has 1 aliphatic heterocycles. The number of hydrogen-bond acceptors (Lipinski definition) is 3. The Morgan fingerprint density at radius 3 is 2.33 bits per heavy atom. The number of rotatable bonds is 7. The van der Waals surface area contributed by atoms with E-state index in [1.54, 1.807) is 0 Å². The van der Waals surface area contributed by atoms with Gasteiger partial charge in [-0.15, -0.1) is 0 Å². The highest BCUT2D eigenvalue weighted by Crippen LogP contribution is 2.35. The Morgan fingerprint density at radius 2 is 1.90 bits per heavy atom. The van der Waals surface area contributed by atoms with Gasteiger partial charge in [0.05, 0.1) is 25.2 Å². The van der Waals surface area contributed by atoms with Crippen LogP contribution in [0.4, 0.5) is 0 Å². The van der Waals surface area contributed by atoms with Gasteiger partial charge in [-0.3, -0.25) is 4.90 Å². The highest BCUT2D eigenvalue weighted by atomic mass is 16.5. The molecule has 2 fully saturated rings. The Bertz CT molecular complexity index is 455. The number of aliphatic hydroxyl groups excluding tert-OH is 1. The van der Waals surface area contributed by atoms with Gasteiger partial charge in [-0.05, 0) is 29.9 Å². The van der Waals surface area contributed by atoms with E-state index < -0.39 is 0 Å². The van der Waals surface area contributed by atoms with E-state index in [9.17, 15) is 5.11 Å². The van der Waals surface area contributed by atoms with Crippen molar-refractivity contribution in [1.29, 1.82) is 0 Å². The van der Waals surface area contributed by atoms with E-state index in [0.717, 1.165) is 13.1 Å². The molecule has 0 radical (unpaired) electrons. The Balaban J connectivity index is 1.65. The molecule has 3 rings (SSSR count). The Morgan fingerprint density at radius 1 is 1.24 bits per heavy atom. The maximum absolute atomic E-state index is 9.64. The summed E-state index contributed by atoms with van der Waals surface area (Å²) < 4.78 is 5.34. The third kappa shape index (κ3) is 3.47. The third-order valence-corrected chi connectivity index (χ3v) is 4.79. The van der Waals surface area contributed by atoms with E-state index in [-0.39, 0.29) is 12.0 Å². The summed E-state index contributed by atoms with van der Waals surface area (Å²) in [4.78, 5) is 2.54. The predicted octanol–water partition coefficient (Wildman–Crippen LogP) is 2.78. The topological polar surface area (TPSA) is 32.7 Å². The van der Waals surface area contributed by atoms with Crippen molar-refractivity contribution < 1.29 is 9.84 Å². The van der Waals surface area contributed by atoms with E-state index in [4.69, 9.17) is 4.74 Å². The van der Waals surface area contributed by atoms with Gasteiger partial charge in [0.15, 0.2) is 0 Å². The van der Waals surface area contributed by atoms with Crippen molar-refractivity contribution in [3.8, 4) is 0 Å². The van der Waals surface area contributed by atoms with Crippen molar-refractivity contribution in [2.75, 3.05) is 26.4 Å². The zero-order valence-corrected chi connectivity index (χ0v) is 13.2. The van der Waals surface area contributed by atoms with Crippen LogP contribution in [0.3, 0.4) is 0 Å². The van der Waals surface area contributed by atoms with Crippen LogP contribution in [0.5, 0.6) is 0 Å². The molecule has 3 nitrogen and oxygen atoms in total. The van der Waals surface area contributed by atoms with Gasteiger partial charge >= 0.3 is 0 Å². The lowest BCUT2D eigenvalue weighted by Gasteiger charge is -2.43. The van der Waals surface area contributed by atoms with Crippen LogP contribution in [-0.2, 0) is 11.3 Å². The lowest BCUT2D eigenvalue weighted by molar-refractivity contribution is -0.150. The molecule has 1 aliphatic carbocycles. The standard InChI is InChI=1S/C18H27NO2/c1-14(2)16-5-3-15(4-6-16)9-19(17-7-8-17)10-18(11-20)12-21-13-18/h3-6,14,17,20H,7-13H2,1-2H3. The summed E-state index contributed by atoms with van der Waals surface area (Å²) in [6, 6.07) is 9.72. The minimum atomic E-state index is -0.0134. The predicted molar refractivity (Wildman–Crippen MR) is 84.3 cm³/mol. The second-order valence-electron chi connectivity index (χ2n) is 7.18. The van der Waals surface area contributed by atoms with Crippen LogP contribution in [0.2, 0.25) is 0 Å². The largest absolute Gasteiger partial charge is 0.396 e. The highest BCUT2D eigenvalue weighted by molar-refractivity contribution is 5.24. The van der Waals surface area contributed by atoms with Crippen molar-refractivity contribution in [2.24, 2.45) is 5.41 Å². The summed E-state index contributed by atoms with van der Waals surface area (Å²) in [5, 5.41) is 9.64. The molecular weight excluding hydrogens is 262 g/mol. The van der Waals surface area contributed by atoms with Gasteiger partial charge in [-0.2, -0.15) is 0 Å². The highest BCUT2D eigenvalue weighted by Gasteiger charge is 2.42. The molecule has 116 valence electrons. The smallest absolute Gasteiger partial charge is 0.0579 e. The quantitative estimate of drug-likeness (QED) is 0.838. The Kier molecular flexibility index (Phi) is 4.34. The number of nitrogens with zero attached hydrogens (tertiary/aromatic N) is 1. The van der Waals surface area contributed by atoms with E-state index in [1.165, 1.54) is 24.0 Å². The lowest BCUT2D eigenvalue weighted by atomic mass is 9.86. The van der Waals surface area contributed by atoms with Gasteiger partial charge in [0.25, 0.3) is 0 Å². The summed E-state index contributed by atoms with van der Waals surface area (Å²) in [6.07, 6.45) is 2.60. The van der Waals surface area contributed by atoms with Crippen molar-refractivity contribution in [3.63, 3.8) is 0 Å². The molecule has 0 atom stereocenters. The Hall–Kier alpha value is -0.900. The normalized spacial score (nSPS) is 20.8. The fourth-order valence-corrected chi connectivity index (χ4v) is 3.05. The molecule has 21 heavy (non-hydrogen) atoms. The minimum Gasteiger partial charge on any atom is -0.396 e. The first-order valence-corrected chi connectivity index (χ1v) is 8.13. The van der Waals surface area contributed by atoms with Crippen molar-refractivity contribution in [2.45, 2.75) is 45.2 Å². The van der Waals surface area contributed by atoms with E-state index >= 15 is 0 Å².